The third-order valence-corrected chi connectivity index (χ3v) is 5.52. The van der Waals surface area contributed by atoms with Crippen molar-refractivity contribution in [2.45, 2.75) is 58.4 Å². The summed E-state index contributed by atoms with van der Waals surface area (Å²) in [5.74, 6) is 0.738. The summed E-state index contributed by atoms with van der Waals surface area (Å²) in [5, 5.41) is 19.5. The van der Waals surface area contributed by atoms with Gasteiger partial charge in [0.2, 0.25) is 0 Å². The van der Waals surface area contributed by atoms with Crippen LogP contribution in [0.25, 0.3) is 0 Å². The predicted octanol–water partition coefficient (Wildman–Crippen LogP) is 3.01. The second kappa shape index (κ2) is 7.85. The van der Waals surface area contributed by atoms with Crippen LogP contribution in [0.2, 0.25) is 0 Å². The molecule has 0 aromatic carbocycles. The SMILES string of the molecule is CC(C)N1CCN(c2nc3c(c(C#N)c2C#N)CCCCCC3)CC1. The first-order valence-corrected chi connectivity index (χ1v) is 9.50. The Morgan fingerprint density at radius 2 is 1.52 bits per heavy atom. The molecule has 0 bridgehead atoms. The minimum atomic E-state index is 0.486. The van der Waals surface area contributed by atoms with Gasteiger partial charge in [0.15, 0.2) is 0 Å². The first-order chi connectivity index (χ1) is 12.2. The van der Waals surface area contributed by atoms with Crippen molar-refractivity contribution in [2.24, 2.45) is 0 Å². The Labute approximate surface area is 150 Å². The molecule has 0 N–H and O–H groups in total. The van der Waals surface area contributed by atoms with Gasteiger partial charge in [-0.2, -0.15) is 10.5 Å². The number of nitriles is 2. The van der Waals surface area contributed by atoms with Crippen LogP contribution in [-0.4, -0.2) is 42.1 Å². The molecule has 2 aliphatic rings. The minimum Gasteiger partial charge on any atom is -0.353 e. The largest absolute Gasteiger partial charge is 0.353 e. The Hall–Kier alpha value is -2.11. The zero-order valence-electron chi connectivity index (χ0n) is 15.4. The average Bonchev–Trinajstić information content (AvgIpc) is 2.61. The van der Waals surface area contributed by atoms with Crippen molar-refractivity contribution in [3.63, 3.8) is 0 Å². The fourth-order valence-corrected chi connectivity index (χ4v) is 3.99. The number of nitrogens with zero attached hydrogens (tertiary/aromatic N) is 5. The van der Waals surface area contributed by atoms with Gasteiger partial charge in [-0.15, -0.1) is 0 Å². The normalized spacial score (nSPS) is 18.8. The number of aryl methyl sites for hydroxylation is 1. The van der Waals surface area contributed by atoms with Gasteiger partial charge in [0.05, 0.1) is 5.56 Å². The second-order valence-electron chi connectivity index (χ2n) is 7.37. The molecule has 132 valence electrons. The fourth-order valence-electron chi connectivity index (χ4n) is 3.99. The molecule has 1 aromatic heterocycles. The molecule has 0 amide bonds. The Balaban J connectivity index is 1.98. The van der Waals surface area contributed by atoms with E-state index < -0.39 is 0 Å². The van der Waals surface area contributed by atoms with Crippen molar-refractivity contribution in [3.05, 3.63) is 22.4 Å². The number of fused-ring (bicyclic) bond motifs is 1. The van der Waals surface area contributed by atoms with E-state index in [4.69, 9.17) is 4.98 Å². The highest BCUT2D eigenvalue weighted by molar-refractivity contribution is 5.65. The van der Waals surface area contributed by atoms with Crippen molar-refractivity contribution < 1.29 is 0 Å². The maximum Gasteiger partial charge on any atom is 0.148 e. The summed E-state index contributed by atoms with van der Waals surface area (Å²) in [5.41, 5.74) is 3.15. The van der Waals surface area contributed by atoms with Gasteiger partial charge < -0.3 is 4.90 Å². The first-order valence-electron chi connectivity index (χ1n) is 9.50. The van der Waals surface area contributed by atoms with Crippen LogP contribution < -0.4 is 4.90 Å². The molecular weight excluding hydrogens is 310 g/mol. The van der Waals surface area contributed by atoms with E-state index in [0.717, 1.165) is 68.9 Å². The Kier molecular flexibility index (Phi) is 5.56. The van der Waals surface area contributed by atoms with E-state index in [2.05, 4.69) is 35.8 Å². The highest BCUT2D eigenvalue weighted by Crippen LogP contribution is 2.30. The fraction of sp³-hybridized carbons (Fsp3) is 0.650. The molecule has 25 heavy (non-hydrogen) atoms. The number of piperazine rings is 1. The van der Waals surface area contributed by atoms with Crippen LogP contribution in [0.5, 0.6) is 0 Å². The summed E-state index contributed by atoms with van der Waals surface area (Å²) >= 11 is 0. The highest BCUT2D eigenvalue weighted by atomic mass is 15.3. The summed E-state index contributed by atoms with van der Waals surface area (Å²) in [7, 11) is 0. The standard InChI is InChI=1S/C20H27N5/c1-15(2)24-9-11-25(12-10-24)20-18(14-22)17(13-21)16-7-5-3-4-6-8-19(16)23-20/h15H,3-12H2,1-2H3. The number of aromatic nitrogens is 1. The molecule has 1 saturated heterocycles. The van der Waals surface area contributed by atoms with Gasteiger partial charge in [0, 0.05) is 37.9 Å². The maximum atomic E-state index is 9.75. The minimum absolute atomic E-state index is 0.486. The number of rotatable bonds is 2. The second-order valence-corrected chi connectivity index (χ2v) is 7.37. The Bertz CT molecular complexity index is 702. The lowest BCUT2D eigenvalue weighted by Crippen LogP contribution is -2.49. The van der Waals surface area contributed by atoms with Gasteiger partial charge in [-0.05, 0) is 45.1 Å². The van der Waals surface area contributed by atoms with E-state index in [0.29, 0.717) is 17.2 Å². The Morgan fingerprint density at radius 3 is 2.12 bits per heavy atom. The lowest BCUT2D eigenvalue weighted by atomic mass is 9.91. The van der Waals surface area contributed by atoms with Crippen molar-refractivity contribution in [1.29, 1.82) is 10.5 Å². The van der Waals surface area contributed by atoms with E-state index in [1.54, 1.807) is 0 Å². The molecule has 1 aromatic rings. The molecule has 5 heteroatoms. The third kappa shape index (κ3) is 3.62. The monoisotopic (exact) mass is 337 g/mol. The van der Waals surface area contributed by atoms with Crippen LogP contribution in [0.1, 0.15) is 61.9 Å². The summed E-state index contributed by atoms with van der Waals surface area (Å²) in [6.07, 6.45) is 6.44. The zero-order chi connectivity index (χ0) is 17.8. The summed E-state index contributed by atoms with van der Waals surface area (Å²) in [4.78, 5) is 9.57. The van der Waals surface area contributed by atoms with Crippen LogP contribution in [0.15, 0.2) is 0 Å². The molecule has 0 unspecified atom stereocenters. The molecule has 0 atom stereocenters. The van der Waals surface area contributed by atoms with Crippen LogP contribution in [0, 0.1) is 22.7 Å². The van der Waals surface area contributed by atoms with Gasteiger partial charge >= 0.3 is 0 Å². The summed E-state index contributed by atoms with van der Waals surface area (Å²) in [6.45, 7) is 8.11. The summed E-state index contributed by atoms with van der Waals surface area (Å²) in [6, 6.07) is 5.16. The van der Waals surface area contributed by atoms with Gasteiger partial charge in [-0.1, -0.05) is 12.8 Å². The van der Waals surface area contributed by atoms with Crippen LogP contribution in [0.4, 0.5) is 5.82 Å². The molecular formula is C20H27N5. The van der Waals surface area contributed by atoms with E-state index >= 15 is 0 Å². The van der Waals surface area contributed by atoms with E-state index in [-0.39, 0.29) is 0 Å². The molecule has 0 saturated carbocycles. The highest BCUT2D eigenvalue weighted by Gasteiger charge is 2.26. The first kappa shape index (κ1) is 17.7. The van der Waals surface area contributed by atoms with Crippen molar-refractivity contribution >= 4 is 5.82 Å². The maximum absolute atomic E-state index is 9.75. The van der Waals surface area contributed by atoms with Crippen molar-refractivity contribution in [2.75, 3.05) is 31.1 Å². The third-order valence-electron chi connectivity index (χ3n) is 5.52. The molecule has 0 radical (unpaired) electrons. The molecule has 0 spiro atoms. The van der Waals surface area contributed by atoms with Gasteiger partial charge in [0.25, 0.3) is 0 Å². The molecule has 5 nitrogen and oxygen atoms in total. The molecule has 2 heterocycles. The van der Waals surface area contributed by atoms with Gasteiger partial charge in [0.1, 0.15) is 23.5 Å². The van der Waals surface area contributed by atoms with Crippen molar-refractivity contribution in [1.82, 2.24) is 9.88 Å². The quantitative estimate of drug-likeness (QED) is 0.830. The van der Waals surface area contributed by atoms with Gasteiger partial charge in [-0.3, -0.25) is 4.90 Å². The van der Waals surface area contributed by atoms with Crippen LogP contribution in [-0.2, 0) is 12.8 Å². The van der Waals surface area contributed by atoms with E-state index in [9.17, 15) is 10.5 Å². The predicted molar refractivity (Wildman–Crippen MR) is 98.5 cm³/mol. The van der Waals surface area contributed by atoms with Crippen LogP contribution in [0.3, 0.4) is 0 Å². The van der Waals surface area contributed by atoms with E-state index in [1.165, 1.54) is 12.8 Å². The lowest BCUT2D eigenvalue weighted by molar-refractivity contribution is 0.209. The number of anilines is 1. The molecule has 1 aliphatic heterocycles. The van der Waals surface area contributed by atoms with E-state index in [1.807, 2.05) is 0 Å². The smallest absolute Gasteiger partial charge is 0.148 e. The molecule has 3 rings (SSSR count). The average molecular weight is 337 g/mol. The summed E-state index contributed by atoms with van der Waals surface area (Å²) < 4.78 is 0. The Morgan fingerprint density at radius 1 is 0.880 bits per heavy atom. The molecule has 1 fully saturated rings. The lowest BCUT2D eigenvalue weighted by Gasteiger charge is -2.38. The molecule has 1 aliphatic carbocycles. The van der Waals surface area contributed by atoms with Crippen LogP contribution >= 0.6 is 0 Å². The topological polar surface area (TPSA) is 66.9 Å². The van der Waals surface area contributed by atoms with Crippen molar-refractivity contribution in [3.8, 4) is 12.1 Å². The zero-order valence-corrected chi connectivity index (χ0v) is 15.4. The van der Waals surface area contributed by atoms with Gasteiger partial charge in [-0.25, -0.2) is 4.98 Å². The number of pyridine rings is 1. The number of hydrogen-bond donors (Lipinski definition) is 0. The number of hydrogen-bond acceptors (Lipinski definition) is 5.